The van der Waals surface area contributed by atoms with E-state index in [0.717, 1.165) is 12.8 Å². The lowest BCUT2D eigenvalue weighted by Crippen LogP contribution is -2.37. The van der Waals surface area contributed by atoms with Gasteiger partial charge in [-0.1, -0.05) is 13.3 Å². The normalized spacial score (nSPS) is 9.00. The number of nitrogens with two attached hydrogens (primary N) is 1. The molecule has 0 aliphatic rings. The third kappa shape index (κ3) is 4.56. The largest absolute Gasteiger partial charge is 0.351 e. The van der Waals surface area contributed by atoms with Crippen LogP contribution in [0.15, 0.2) is 0 Å². The summed E-state index contributed by atoms with van der Waals surface area (Å²) in [6.07, 6.45) is 2.32. The highest BCUT2D eigenvalue weighted by Crippen LogP contribution is 1.95. The number of nitriles is 1. The van der Waals surface area contributed by atoms with E-state index in [2.05, 4.69) is 0 Å². The summed E-state index contributed by atoms with van der Waals surface area (Å²) in [7, 11) is 0. The number of nitrogens with zero attached hydrogens (tertiary/aromatic N) is 2. The first-order valence-electron chi connectivity index (χ1n) is 4.13. The molecule has 0 saturated heterocycles. The van der Waals surface area contributed by atoms with Crippen LogP contribution < -0.4 is 5.73 Å². The van der Waals surface area contributed by atoms with Gasteiger partial charge in [0.15, 0.2) is 0 Å². The van der Waals surface area contributed by atoms with Crippen molar-refractivity contribution < 1.29 is 4.79 Å². The minimum atomic E-state index is -0.432. The molecule has 0 aromatic heterocycles. The van der Waals surface area contributed by atoms with Crippen LogP contribution in [0, 0.1) is 11.3 Å². The summed E-state index contributed by atoms with van der Waals surface area (Å²) in [5, 5.41) is 8.29. The van der Waals surface area contributed by atoms with Gasteiger partial charge in [-0.3, -0.25) is 0 Å². The summed E-state index contributed by atoms with van der Waals surface area (Å²) in [6, 6.07) is 1.55. The Balaban J connectivity index is 3.72. The predicted octanol–water partition coefficient (Wildman–Crippen LogP) is 1.08. The molecule has 0 bridgehead atoms. The van der Waals surface area contributed by atoms with Gasteiger partial charge in [0.25, 0.3) is 0 Å². The fraction of sp³-hybridized carbons (Fsp3) is 0.750. The van der Waals surface area contributed by atoms with Crippen molar-refractivity contribution >= 4 is 6.03 Å². The van der Waals surface area contributed by atoms with Crippen LogP contribution in [0.1, 0.15) is 26.2 Å². The summed E-state index contributed by atoms with van der Waals surface area (Å²) in [5.41, 5.74) is 5.10. The highest BCUT2D eigenvalue weighted by molar-refractivity contribution is 5.71. The molecule has 0 heterocycles. The van der Waals surface area contributed by atoms with E-state index in [4.69, 9.17) is 11.0 Å². The average Bonchev–Trinajstić information content (AvgIpc) is 2.04. The monoisotopic (exact) mass is 169 g/mol. The van der Waals surface area contributed by atoms with E-state index >= 15 is 0 Å². The Kier molecular flexibility index (Phi) is 5.80. The third-order valence-electron chi connectivity index (χ3n) is 1.59. The van der Waals surface area contributed by atoms with Crippen molar-refractivity contribution in [2.75, 3.05) is 13.1 Å². The Morgan fingerprint density at radius 2 is 2.25 bits per heavy atom. The first-order valence-corrected chi connectivity index (χ1v) is 4.13. The van der Waals surface area contributed by atoms with Gasteiger partial charge in [0, 0.05) is 13.1 Å². The van der Waals surface area contributed by atoms with Crippen molar-refractivity contribution in [1.29, 1.82) is 5.26 Å². The van der Waals surface area contributed by atoms with E-state index in [0.29, 0.717) is 19.5 Å². The first kappa shape index (κ1) is 10.8. The molecule has 0 spiro atoms. The number of carbonyl (C=O) groups excluding carboxylic acids is 1. The smallest absolute Gasteiger partial charge is 0.314 e. The Bertz CT molecular complexity index is 174. The molecular weight excluding hydrogens is 154 g/mol. The molecule has 4 heteroatoms. The lowest BCUT2D eigenvalue weighted by atomic mass is 10.3. The minimum absolute atomic E-state index is 0.354. The Morgan fingerprint density at radius 3 is 2.67 bits per heavy atom. The zero-order chi connectivity index (χ0) is 9.40. The summed E-state index contributed by atoms with van der Waals surface area (Å²) in [6.45, 7) is 3.16. The number of primary amides is 1. The van der Waals surface area contributed by atoms with Crippen LogP contribution in [0.2, 0.25) is 0 Å². The van der Waals surface area contributed by atoms with E-state index in [1.54, 1.807) is 0 Å². The fourth-order valence-electron chi connectivity index (χ4n) is 0.866. The number of hydrogen-bond acceptors (Lipinski definition) is 2. The summed E-state index contributed by atoms with van der Waals surface area (Å²) in [5.74, 6) is 0. The second-order valence-electron chi connectivity index (χ2n) is 2.59. The molecule has 68 valence electrons. The maximum absolute atomic E-state index is 10.7. The zero-order valence-corrected chi connectivity index (χ0v) is 7.42. The minimum Gasteiger partial charge on any atom is -0.351 e. The SMILES string of the molecule is CCCCN(CCC#N)C(N)=O. The van der Waals surface area contributed by atoms with Crippen LogP contribution in [-0.4, -0.2) is 24.0 Å². The van der Waals surface area contributed by atoms with E-state index in [9.17, 15) is 4.79 Å². The number of rotatable bonds is 5. The van der Waals surface area contributed by atoms with Gasteiger partial charge in [-0.15, -0.1) is 0 Å². The maximum Gasteiger partial charge on any atom is 0.314 e. The predicted molar refractivity (Wildman–Crippen MR) is 46.3 cm³/mol. The summed E-state index contributed by atoms with van der Waals surface area (Å²) >= 11 is 0. The molecule has 2 N–H and O–H groups in total. The number of urea groups is 1. The van der Waals surface area contributed by atoms with Gasteiger partial charge in [0.05, 0.1) is 12.5 Å². The highest BCUT2D eigenvalue weighted by atomic mass is 16.2. The number of unbranched alkanes of at least 4 members (excludes halogenated alkanes) is 1. The van der Waals surface area contributed by atoms with Gasteiger partial charge < -0.3 is 10.6 Å². The second-order valence-corrected chi connectivity index (χ2v) is 2.59. The van der Waals surface area contributed by atoms with Crippen LogP contribution in [-0.2, 0) is 0 Å². The first-order chi connectivity index (χ1) is 5.72. The molecule has 12 heavy (non-hydrogen) atoms. The lowest BCUT2D eigenvalue weighted by Gasteiger charge is -2.17. The molecular formula is C8H15N3O. The molecule has 0 aliphatic carbocycles. The molecule has 0 aliphatic heterocycles. The van der Waals surface area contributed by atoms with Gasteiger partial charge in [0.1, 0.15) is 0 Å². The topological polar surface area (TPSA) is 70.1 Å². The maximum atomic E-state index is 10.7. The Hall–Kier alpha value is -1.24. The van der Waals surface area contributed by atoms with E-state index in [1.165, 1.54) is 4.90 Å². The van der Waals surface area contributed by atoms with Crippen molar-refractivity contribution in [3.8, 4) is 6.07 Å². The zero-order valence-electron chi connectivity index (χ0n) is 7.42. The fourth-order valence-corrected chi connectivity index (χ4v) is 0.866. The van der Waals surface area contributed by atoms with Crippen LogP contribution >= 0.6 is 0 Å². The molecule has 2 amide bonds. The van der Waals surface area contributed by atoms with Gasteiger partial charge >= 0.3 is 6.03 Å². The molecule has 4 nitrogen and oxygen atoms in total. The highest BCUT2D eigenvalue weighted by Gasteiger charge is 2.06. The third-order valence-corrected chi connectivity index (χ3v) is 1.59. The van der Waals surface area contributed by atoms with Gasteiger partial charge in [0.2, 0.25) is 0 Å². The summed E-state index contributed by atoms with van der Waals surface area (Å²) < 4.78 is 0. The molecule has 0 radical (unpaired) electrons. The molecule has 0 fully saturated rings. The number of carbonyl (C=O) groups is 1. The van der Waals surface area contributed by atoms with Crippen LogP contribution in [0.25, 0.3) is 0 Å². The van der Waals surface area contributed by atoms with Crippen molar-refractivity contribution in [2.45, 2.75) is 26.2 Å². The summed E-state index contributed by atoms with van der Waals surface area (Å²) in [4.78, 5) is 12.3. The molecule has 0 aromatic carbocycles. The quantitative estimate of drug-likeness (QED) is 0.669. The molecule has 0 atom stereocenters. The molecule has 0 rings (SSSR count). The van der Waals surface area contributed by atoms with Crippen molar-refractivity contribution in [2.24, 2.45) is 5.73 Å². The van der Waals surface area contributed by atoms with E-state index < -0.39 is 6.03 Å². The van der Waals surface area contributed by atoms with Crippen molar-refractivity contribution in [3.05, 3.63) is 0 Å². The molecule has 0 saturated carbocycles. The van der Waals surface area contributed by atoms with Gasteiger partial charge in [-0.2, -0.15) is 5.26 Å². The Morgan fingerprint density at radius 1 is 1.58 bits per heavy atom. The van der Waals surface area contributed by atoms with Crippen LogP contribution in [0.3, 0.4) is 0 Å². The lowest BCUT2D eigenvalue weighted by molar-refractivity contribution is 0.208. The van der Waals surface area contributed by atoms with E-state index in [1.807, 2.05) is 13.0 Å². The average molecular weight is 169 g/mol. The molecule has 0 aromatic rings. The van der Waals surface area contributed by atoms with Gasteiger partial charge in [-0.05, 0) is 6.42 Å². The number of amides is 2. The van der Waals surface area contributed by atoms with Crippen molar-refractivity contribution in [1.82, 2.24) is 4.90 Å². The van der Waals surface area contributed by atoms with E-state index in [-0.39, 0.29) is 0 Å². The number of hydrogen-bond donors (Lipinski definition) is 1. The van der Waals surface area contributed by atoms with Crippen LogP contribution in [0.5, 0.6) is 0 Å². The molecule has 0 unspecified atom stereocenters. The van der Waals surface area contributed by atoms with Crippen molar-refractivity contribution in [3.63, 3.8) is 0 Å². The van der Waals surface area contributed by atoms with Crippen LogP contribution in [0.4, 0.5) is 4.79 Å². The second kappa shape index (κ2) is 6.47. The van der Waals surface area contributed by atoms with Gasteiger partial charge in [-0.25, -0.2) is 4.79 Å². The Labute approximate surface area is 72.9 Å². The standard InChI is InChI=1S/C8H15N3O/c1-2-3-6-11(8(10)12)7-4-5-9/h2-4,6-7H2,1H3,(H2,10,12).